The molecule has 2 aliphatic carbocycles. The Morgan fingerprint density at radius 1 is 0.625 bits per heavy atom. The molecule has 2 nitrogen and oxygen atoms in total. The van der Waals surface area contributed by atoms with Crippen molar-refractivity contribution in [3.8, 4) is 11.5 Å². The topological polar surface area (TPSA) is 40.5 Å². The van der Waals surface area contributed by atoms with Crippen LogP contribution >= 0.6 is 0 Å². The highest BCUT2D eigenvalue weighted by atomic mass is 16.3. The Balaban J connectivity index is 1.74. The highest BCUT2D eigenvalue weighted by molar-refractivity contribution is 5.46. The first kappa shape index (κ1) is 15.6. The number of aromatic hydroxyl groups is 2. The van der Waals surface area contributed by atoms with Crippen LogP contribution in [0.3, 0.4) is 0 Å². The van der Waals surface area contributed by atoms with Crippen molar-refractivity contribution in [1.29, 1.82) is 0 Å². The molecule has 0 aliphatic heterocycles. The molecule has 4 rings (SSSR count). The first-order chi connectivity index (χ1) is 11.7. The number of phenols is 2. The van der Waals surface area contributed by atoms with Crippen LogP contribution in [0.1, 0.15) is 72.6 Å². The minimum absolute atomic E-state index is 0.328. The minimum atomic E-state index is 0.328. The van der Waals surface area contributed by atoms with E-state index in [0.29, 0.717) is 23.3 Å². The number of hydrogen-bond acceptors (Lipinski definition) is 2. The molecule has 2 atom stereocenters. The van der Waals surface area contributed by atoms with E-state index in [9.17, 15) is 10.2 Å². The Kier molecular flexibility index (Phi) is 4.22. The first-order valence-corrected chi connectivity index (χ1v) is 9.36. The van der Waals surface area contributed by atoms with Crippen LogP contribution in [0, 0.1) is 0 Å². The van der Waals surface area contributed by atoms with Gasteiger partial charge in [-0.25, -0.2) is 0 Å². The maximum absolute atomic E-state index is 10.4. The molecule has 0 aromatic heterocycles. The molecule has 1 saturated carbocycles. The van der Waals surface area contributed by atoms with Gasteiger partial charge in [0.05, 0.1) is 0 Å². The van der Waals surface area contributed by atoms with Crippen LogP contribution in [0.5, 0.6) is 11.5 Å². The minimum Gasteiger partial charge on any atom is -0.508 e. The van der Waals surface area contributed by atoms with E-state index in [1.807, 2.05) is 12.1 Å². The molecule has 1 fully saturated rings. The second kappa shape index (κ2) is 6.51. The number of fused-ring (bicyclic) bond motifs is 7. The third-order valence-corrected chi connectivity index (χ3v) is 5.94. The Hall–Kier alpha value is -1.96. The van der Waals surface area contributed by atoms with Gasteiger partial charge in [0.1, 0.15) is 11.5 Å². The number of aryl methyl sites for hydroxylation is 2. The second-order valence-corrected chi connectivity index (χ2v) is 7.49. The summed E-state index contributed by atoms with van der Waals surface area (Å²) < 4.78 is 0. The van der Waals surface area contributed by atoms with Gasteiger partial charge in [-0.2, -0.15) is 0 Å². The predicted octanol–water partition coefficient (Wildman–Crippen LogP) is 5.42. The van der Waals surface area contributed by atoms with Crippen LogP contribution in [0.2, 0.25) is 0 Å². The van der Waals surface area contributed by atoms with Gasteiger partial charge >= 0.3 is 0 Å². The summed E-state index contributed by atoms with van der Waals surface area (Å²) in [6.07, 6.45) is 9.33. The highest BCUT2D eigenvalue weighted by Gasteiger charge is 2.36. The fourth-order valence-corrected chi connectivity index (χ4v) is 4.37. The molecule has 24 heavy (non-hydrogen) atoms. The van der Waals surface area contributed by atoms with Crippen LogP contribution in [0.15, 0.2) is 36.4 Å². The quantitative estimate of drug-likeness (QED) is 0.680. The van der Waals surface area contributed by atoms with Crippen molar-refractivity contribution in [2.24, 2.45) is 0 Å². The van der Waals surface area contributed by atoms with Gasteiger partial charge in [0.15, 0.2) is 0 Å². The summed E-state index contributed by atoms with van der Waals surface area (Å²) in [4.78, 5) is 0. The van der Waals surface area contributed by atoms with Crippen LogP contribution < -0.4 is 0 Å². The van der Waals surface area contributed by atoms with Crippen LogP contribution in [0.25, 0.3) is 0 Å². The van der Waals surface area contributed by atoms with E-state index in [1.54, 1.807) is 0 Å². The monoisotopic (exact) mass is 322 g/mol. The molecule has 2 unspecified atom stereocenters. The molecule has 0 spiro atoms. The van der Waals surface area contributed by atoms with Crippen molar-refractivity contribution in [2.75, 3.05) is 0 Å². The SMILES string of the molecule is Oc1ccc2cc1C1CCC1c1cc(ccc1O)CCCCCC2. The highest BCUT2D eigenvalue weighted by Crippen LogP contribution is 2.53. The molecule has 0 saturated heterocycles. The van der Waals surface area contributed by atoms with Crippen molar-refractivity contribution < 1.29 is 10.2 Å². The molecule has 0 heterocycles. The zero-order chi connectivity index (χ0) is 16.5. The van der Waals surface area contributed by atoms with Gasteiger partial charge in [-0.3, -0.25) is 0 Å². The number of benzene rings is 2. The maximum atomic E-state index is 10.4. The van der Waals surface area contributed by atoms with Gasteiger partial charge in [0.25, 0.3) is 0 Å². The summed E-state index contributed by atoms with van der Waals surface area (Å²) in [5.74, 6) is 1.48. The lowest BCUT2D eigenvalue weighted by Gasteiger charge is -2.38. The van der Waals surface area contributed by atoms with Gasteiger partial charge in [-0.1, -0.05) is 37.1 Å². The zero-order valence-corrected chi connectivity index (χ0v) is 14.2. The normalized spacial score (nSPS) is 23.7. The van der Waals surface area contributed by atoms with E-state index in [-0.39, 0.29) is 0 Å². The van der Waals surface area contributed by atoms with Crippen molar-refractivity contribution in [2.45, 2.75) is 63.2 Å². The van der Waals surface area contributed by atoms with E-state index in [1.165, 1.54) is 36.8 Å². The number of rotatable bonds is 0. The van der Waals surface area contributed by atoms with Crippen molar-refractivity contribution in [3.05, 3.63) is 58.7 Å². The van der Waals surface area contributed by atoms with Crippen LogP contribution in [0.4, 0.5) is 0 Å². The first-order valence-electron chi connectivity index (χ1n) is 9.36. The Bertz CT molecular complexity index is 671. The molecule has 126 valence electrons. The zero-order valence-electron chi connectivity index (χ0n) is 14.2. The molecule has 2 aliphatic rings. The van der Waals surface area contributed by atoms with Gasteiger partial charge in [-0.15, -0.1) is 0 Å². The summed E-state index contributed by atoms with van der Waals surface area (Å²) >= 11 is 0. The number of hydrogen-bond donors (Lipinski definition) is 2. The van der Waals surface area contributed by atoms with E-state index >= 15 is 0 Å². The molecule has 0 radical (unpaired) electrons. The smallest absolute Gasteiger partial charge is 0.119 e. The Labute approximate surface area is 144 Å². The lowest BCUT2D eigenvalue weighted by atomic mass is 9.66. The molecular formula is C22H26O2. The van der Waals surface area contributed by atoms with E-state index < -0.39 is 0 Å². The van der Waals surface area contributed by atoms with Crippen molar-refractivity contribution >= 4 is 0 Å². The third kappa shape index (κ3) is 2.90. The van der Waals surface area contributed by atoms with Crippen LogP contribution in [-0.2, 0) is 12.8 Å². The standard InChI is InChI=1S/C22H26O2/c23-21-11-7-15-5-3-1-2-4-6-16-8-12-22(24)20(14-16)18-10-9-17(18)19(21)13-15/h7-8,11-14,17-18,23-24H,1-6,9-10H2. The summed E-state index contributed by atoms with van der Waals surface area (Å²) in [5, 5.41) is 20.8. The summed E-state index contributed by atoms with van der Waals surface area (Å²) in [7, 11) is 0. The average molecular weight is 322 g/mol. The molecule has 4 bridgehead atoms. The van der Waals surface area contributed by atoms with E-state index in [4.69, 9.17) is 0 Å². The molecule has 2 N–H and O–H groups in total. The Morgan fingerprint density at radius 3 is 1.50 bits per heavy atom. The molecule has 0 amide bonds. The average Bonchev–Trinajstić information content (AvgIpc) is 2.54. The lowest BCUT2D eigenvalue weighted by molar-refractivity contribution is 0.323. The van der Waals surface area contributed by atoms with E-state index in [2.05, 4.69) is 24.3 Å². The maximum Gasteiger partial charge on any atom is 0.119 e. The fourth-order valence-electron chi connectivity index (χ4n) is 4.37. The third-order valence-electron chi connectivity index (χ3n) is 5.94. The van der Waals surface area contributed by atoms with Crippen molar-refractivity contribution in [3.63, 3.8) is 0 Å². The number of phenolic OH excluding ortho intramolecular Hbond substituents is 2. The Morgan fingerprint density at radius 2 is 1.08 bits per heavy atom. The molecule has 2 aromatic rings. The largest absolute Gasteiger partial charge is 0.508 e. The molecular weight excluding hydrogens is 296 g/mol. The summed E-state index contributed by atoms with van der Waals surface area (Å²) in [6.45, 7) is 0. The predicted molar refractivity (Wildman–Crippen MR) is 96.8 cm³/mol. The van der Waals surface area contributed by atoms with Crippen molar-refractivity contribution in [1.82, 2.24) is 0 Å². The van der Waals surface area contributed by atoms with Gasteiger partial charge in [-0.05, 0) is 84.7 Å². The van der Waals surface area contributed by atoms with Gasteiger partial charge < -0.3 is 10.2 Å². The summed E-state index contributed by atoms with van der Waals surface area (Å²) in [6, 6.07) is 12.3. The summed E-state index contributed by atoms with van der Waals surface area (Å²) in [5.41, 5.74) is 4.82. The van der Waals surface area contributed by atoms with E-state index in [0.717, 1.165) is 36.8 Å². The van der Waals surface area contributed by atoms with Gasteiger partial charge in [0.2, 0.25) is 0 Å². The lowest BCUT2D eigenvalue weighted by Crippen LogP contribution is -2.22. The molecule has 2 heteroatoms. The molecule has 2 aromatic carbocycles. The fraction of sp³-hybridized carbons (Fsp3) is 0.455. The van der Waals surface area contributed by atoms with Crippen LogP contribution in [-0.4, -0.2) is 10.2 Å². The van der Waals surface area contributed by atoms with Gasteiger partial charge in [0, 0.05) is 0 Å². The second-order valence-electron chi connectivity index (χ2n) is 7.49.